The van der Waals surface area contributed by atoms with Crippen molar-refractivity contribution in [3.8, 4) is 0 Å². The first-order valence-electron chi connectivity index (χ1n) is 6.65. The van der Waals surface area contributed by atoms with E-state index < -0.39 is 0 Å². The molecule has 1 aromatic heterocycles. The summed E-state index contributed by atoms with van der Waals surface area (Å²) in [5.74, 6) is 0. The average molecular weight is 266 g/mol. The van der Waals surface area contributed by atoms with Crippen LogP contribution in [0.2, 0.25) is 0 Å². The predicted molar refractivity (Wildman–Crippen MR) is 74.6 cm³/mol. The van der Waals surface area contributed by atoms with Gasteiger partial charge in [0.15, 0.2) is 0 Å². The van der Waals surface area contributed by atoms with Gasteiger partial charge in [-0.05, 0) is 34.6 Å². The van der Waals surface area contributed by atoms with Crippen LogP contribution >= 0.6 is 0 Å². The van der Waals surface area contributed by atoms with Gasteiger partial charge >= 0.3 is 7.12 Å². The monoisotopic (exact) mass is 266 g/mol. The summed E-state index contributed by atoms with van der Waals surface area (Å²) in [6, 6.07) is 0. The molecule has 0 bridgehead atoms. The Morgan fingerprint density at radius 1 is 1.26 bits per heavy atom. The van der Waals surface area contributed by atoms with Crippen LogP contribution in [0.4, 0.5) is 0 Å². The number of hydrogen-bond donors (Lipinski definition) is 0. The van der Waals surface area contributed by atoms with E-state index in [4.69, 9.17) is 14.0 Å². The zero-order valence-corrected chi connectivity index (χ0v) is 12.7. The molecule has 0 N–H and O–H groups in total. The summed E-state index contributed by atoms with van der Waals surface area (Å²) in [5.41, 5.74) is 1.42. The topological polar surface area (TPSA) is 45.5 Å². The van der Waals surface area contributed by atoms with Gasteiger partial charge in [-0.2, -0.15) is 5.10 Å². The normalized spacial score (nSPS) is 21.1. The molecule has 0 saturated carbocycles. The van der Waals surface area contributed by atoms with E-state index in [-0.39, 0.29) is 18.3 Å². The molecule has 0 aromatic carbocycles. The van der Waals surface area contributed by atoms with Gasteiger partial charge in [0.25, 0.3) is 0 Å². The molecule has 6 heteroatoms. The van der Waals surface area contributed by atoms with Crippen LogP contribution in [-0.2, 0) is 20.6 Å². The van der Waals surface area contributed by atoms with Gasteiger partial charge in [-0.3, -0.25) is 4.68 Å². The van der Waals surface area contributed by atoms with Gasteiger partial charge in [0.1, 0.15) is 0 Å². The lowest BCUT2D eigenvalue weighted by Gasteiger charge is -2.32. The van der Waals surface area contributed by atoms with E-state index in [1.54, 1.807) is 7.11 Å². The maximum atomic E-state index is 6.04. The van der Waals surface area contributed by atoms with Crippen molar-refractivity contribution < 1.29 is 14.0 Å². The van der Waals surface area contributed by atoms with Crippen LogP contribution < -0.4 is 5.46 Å². The van der Waals surface area contributed by atoms with Gasteiger partial charge in [-0.15, -0.1) is 0 Å². The Morgan fingerprint density at radius 3 is 2.37 bits per heavy atom. The number of methoxy groups -OCH3 is 1. The molecule has 1 fully saturated rings. The first-order valence-corrected chi connectivity index (χ1v) is 6.65. The van der Waals surface area contributed by atoms with Crippen molar-refractivity contribution in [2.75, 3.05) is 13.7 Å². The number of hydrogen-bond acceptors (Lipinski definition) is 4. The summed E-state index contributed by atoms with van der Waals surface area (Å²) >= 11 is 0. The number of rotatable bonds is 4. The highest BCUT2D eigenvalue weighted by Gasteiger charge is 2.52. The molecule has 1 aliphatic rings. The van der Waals surface area contributed by atoms with Gasteiger partial charge < -0.3 is 14.0 Å². The van der Waals surface area contributed by atoms with Crippen molar-refractivity contribution in [2.45, 2.75) is 52.4 Å². The van der Waals surface area contributed by atoms with Crippen molar-refractivity contribution in [3.63, 3.8) is 0 Å². The molecule has 2 rings (SSSR count). The van der Waals surface area contributed by atoms with Gasteiger partial charge in [-0.1, -0.05) is 0 Å². The molecule has 19 heavy (non-hydrogen) atoms. The summed E-state index contributed by atoms with van der Waals surface area (Å²) in [6.07, 6.45) is 1.83. The molecule has 0 aliphatic carbocycles. The molecule has 0 unspecified atom stereocenters. The molecule has 1 saturated heterocycles. The summed E-state index contributed by atoms with van der Waals surface area (Å²) in [6.45, 7) is 11.6. The quantitative estimate of drug-likeness (QED) is 0.766. The fourth-order valence-electron chi connectivity index (χ4n) is 2.07. The lowest BCUT2D eigenvalue weighted by Crippen LogP contribution is -2.41. The highest BCUT2D eigenvalue weighted by atomic mass is 16.7. The lowest BCUT2D eigenvalue weighted by atomic mass is 9.79. The van der Waals surface area contributed by atoms with E-state index in [0.717, 1.165) is 17.7 Å². The maximum Gasteiger partial charge on any atom is 0.498 e. The Balaban J connectivity index is 2.18. The summed E-state index contributed by atoms with van der Waals surface area (Å²) in [4.78, 5) is 0. The van der Waals surface area contributed by atoms with Crippen LogP contribution in [0.15, 0.2) is 6.20 Å². The minimum absolute atomic E-state index is 0.321. The van der Waals surface area contributed by atoms with Crippen LogP contribution in [0.1, 0.15) is 33.4 Å². The predicted octanol–water partition coefficient (Wildman–Crippen LogP) is 1.14. The SMILES string of the molecule is COCCn1ncc(B2OC(C)(C)C(C)(C)O2)c1C. The smallest absolute Gasteiger partial charge is 0.399 e. The Morgan fingerprint density at radius 2 is 1.84 bits per heavy atom. The molecular formula is C13H23BN2O3. The van der Waals surface area contributed by atoms with E-state index >= 15 is 0 Å². The fraction of sp³-hybridized carbons (Fsp3) is 0.769. The van der Waals surface area contributed by atoms with Crippen molar-refractivity contribution in [3.05, 3.63) is 11.9 Å². The standard InChI is InChI=1S/C13H23BN2O3/c1-10-11(9-15-16(10)7-8-17-6)14-18-12(2,3)13(4,5)19-14/h9H,7-8H2,1-6H3. The van der Waals surface area contributed by atoms with Crippen molar-refractivity contribution in [1.29, 1.82) is 0 Å². The highest BCUT2D eigenvalue weighted by Crippen LogP contribution is 2.36. The second-order valence-electron chi connectivity index (χ2n) is 5.99. The molecule has 0 atom stereocenters. The molecule has 5 nitrogen and oxygen atoms in total. The van der Waals surface area contributed by atoms with Crippen LogP contribution in [0, 0.1) is 6.92 Å². The summed E-state index contributed by atoms with van der Waals surface area (Å²) < 4.78 is 19.1. The van der Waals surface area contributed by atoms with E-state index in [1.807, 2.05) is 17.8 Å². The fourth-order valence-corrected chi connectivity index (χ4v) is 2.07. The minimum atomic E-state index is -0.346. The number of ether oxygens (including phenoxy) is 1. The average Bonchev–Trinajstić information content (AvgIpc) is 2.75. The zero-order valence-electron chi connectivity index (χ0n) is 12.7. The molecule has 0 radical (unpaired) electrons. The van der Waals surface area contributed by atoms with E-state index in [9.17, 15) is 0 Å². The van der Waals surface area contributed by atoms with Crippen LogP contribution in [-0.4, -0.2) is 41.8 Å². The van der Waals surface area contributed by atoms with E-state index in [0.29, 0.717) is 6.61 Å². The first-order chi connectivity index (χ1) is 8.78. The minimum Gasteiger partial charge on any atom is -0.399 e. The Labute approximate surface area is 115 Å². The maximum absolute atomic E-state index is 6.04. The Bertz CT molecular complexity index is 441. The molecule has 2 heterocycles. The van der Waals surface area contributed by atoms with Gasteiger partial charge in [-0.25, -0.2) is 0 Å². The van der Waals surface area contributed by atoms with E-state index in [1.165, 1.54) is 0 Å². The van der Waals surface area contributed by atoms with Gasteiger partial charge in [0.05, 0.1) is 24.4 Å². The Hall–Kier alpha value is -0.845. The number of aromatic nitrogens is 2. The lowest BCUT2D eigenvalue weighted by molar-refractivity contribution is 0.00578. The van der Waals surface area contributed by atoms with E-state index in [2.05, 4.69) is 32.8 Å². The third-order valence-electron chi connectivity index (χ3n) is 4.16. The summed E-state index contributed by atoms with van der Waals surface area (Å²) in [7, 11) is 1.34. The van der Waals surface area contributed by atoms with Crippen molar-refractivity contribution in [2.24, 2.45) is 0 Å². The highest BCUT2D eigenvalue weighted by molar-refractivity contribution is 6.62. The van der Waals surface area contributed by atoms with Crippen LogP contribution in [0.3, 0.4) is 0 Å². The van der Waals surface area contributed by atoms with Crippen molar-refractivity contribution >= 4 is 12.6 Å². The third-order valence-corrected chi connectivity index (χ3v) is 4.16. The third kappa shape index (κ3) is 2.57. The number of nitrogens with zero attached hydrogens (tertiary/aromatic N) is 2. The van der Waals surface area contributed by atoms with Gasteiger partial charge in [0.2, 0.25) is 0 Å². The summed E-state index contributed by atoms with van der Waals surface area (Å²) in [5, 5.41) is 4.37. The molecular weight excluding hydrogens is 243 g/mol. The zero-order chi connectivity index (χ0) is 14.3. The Kier molecular flexibility index (Phi) is 3.77. The molecule has 1 aromatic rings. The largest absolute Gasteiger partial charge is 0.498 e. The van der Waals surface area contributed by atoms with Gasteiger partial charge in [0, 0.05) is 24.5 Å². The second kappa shape index (κ2) is 4.92. The molecule has 106 valence electrons. The molecule has 0 spiro atoms. The van der Waals surface area contributed by atoms with Crippen LogP contribution in [0.5, 0.6) is 0 Å². The molecule has 0 amide bonds. The van der Waals surface area contributed by atoms with Crippen molar-refractivity contribution in [1.82, 2.24) is 9.78 Å². The second-order valence-corrected chi connectivity index (χ2v) is 5.99. The van der Waals surface area contributed by atoms with Crippen LogP contribution in [0.25, 0.3) is 0 Å². The molecule has 1 aliphatic heterocycles. The first kappa shape index (κ1) is 14.6.